The maximum atomic E-state index is 12.8. The number of carbonyl (C=O) groups excluding carboxylic acids is 1. The molecule has 0 aliphatic carbocycles. The molecule has 1 fully saturated rings. The van der Waals surface area contributed by atoms with Crippen LogP contribution >= 0.6 is 23.7 Å². The second-order valence-electron chi connectivity index (χ2n) is 5.70. The smallest absolute Gasteiger partial charge is 0.233 e. The summed E-state index contributed by atoms with van der Waals surface area (Å²) in [6.45, 7) is 4.05. The molecule has 3 rings (SSSR count). The summed E-state index contributed by atoms with van der Waals surface area (Å²) in [5.74, 6) is -0.299. The van der Waals surface area contributed by atoms with Crippen LogP contribution < -0.4 is 5.73 Å². The maximum absolute atomic E-state index is 12.8. The number of rotatable bonds is 5. The third-order valence-electron chi connectivity index (χ3n) is 4.24. The van der Waals surface area contributed by atoms with Crippen LogP contribution in [0.5, 0.6) is 0 Å². The van der Waals surface area contributed by atoms with Gasteiger partial charge in [-0.25, -0.2) is 4.98 Å². The fraction of sp³-hybridized carbons (Fsp3) is 0.500. The normalized spacial score (nSPS) is 16.8. The number of carbonyl (C=O) groups is 1. The predicted octanol–water partition coefficient (Wildman–Crippen LogP) is 0.897. The first-order valence-corrected chi connectivity index (χ1v) is 8.72. The van der Waals surface area contributed by atoms with Crippen molar-refractivity contribution in [3.63, 3.8) is 0 Å². The maximum Gasteiger partial charge on any atom is 0.233 e. The van der Waals surface area contributed by atoms with Crippen LogP contribution in [0.25, 0.3) is 10.2 Å². The van der Waals surface area contributed by atoms with E-state index in [1.807, 2.05) is 29.2 Å². The molecule has 24 heavy (non-hydrogen) atoms. The van der Waals surface area contributed by atoms with Crippen molar-refractivity contribution in [1.82, 2.24) is 14.8 Å². The monoisotopic (exact) mass is 370 g/mol. The summed E-state index contributed by atoms with van der Waals surface area (Å²) in [6, 6.07) is 7.90. The van der Waals surface area contributed by atoms with E-state index in [0.717, 1.165) is 28.3 Å². The molecule has 0 spiro atoms. The molecule has 2 aromatic rings. The molecule has 6 nitrogen and oxygen atoms in total. The number of hydrogen-bond acceptors (Lipinski definition) is 6. The number of para-hydroxylation sites is 1. The Morgan fingerprint density at radius 2 is 2.00 bits per heavy atom. The first kappa shape index (κ1) is 19.1. The lowest BCUT2D eigenvalue weighted by molar-refractivity contribution is -0.134. The molecule has 2 heterocycles. The van der Waals surface area contributed by atoms with Gasteiger partial charge >= 0.3 is 0 Å². The van der Waals surface area contributed by atoms with E-state index in [4.69, 9.17) is 10.8 Å². The number of aromatic nitrogens is 1. The number of β-amino-alcohol motifs (C(OH)–C–C–N with tert-alkyl or cyclic N) is 1. The van der Waals surface area contributed by atoms with Crippen molar-refractivity contribution in [2.75, 3.05) is 45.9 Å². The van der Waals surface area contributed by atoms with E-state index in [0.29, 0.717) is 19.6 Å². The molecule has 132 valence electrons. The molecule has 0 saturated carbocycles. The highest BCUT2D eigenvalue weighted by Crippen LogP contribution is 2.28. The number of amides is 1. The van der Waals surface area contributed by atoms with Gasteiger partial charge < -0.3 is 15.7 Å². The SMILES string of the molecule is Cl.NC[C@@H](C(=O)N1CCN(CCO)CC1)c1nc2ccccc2s1. The summed E-state index contributed by atoms with van der Waals surface area (Å²) >= 11 is 1.55. The first-order valence-electron chi connectivity index (χ1n) is 7.90. The highest BCUT2D eigenvalue weighted by atomic mass is 35.5. The Bertz CT molecular complexity index is 640. The number of hydrogen-bond donors (Lipinski definition) is 2. The Hall–Kier alpha value is -1.25. The lowest BCUT2D eigenvalue weighted by Gasteiger charge is -2.35. The van der Waals surface area contributed by atoms with Crippen molar-refractivity contribution in [2.45, 2.75) is 5.92 Å². The van der Waals surface area contributed by atoms with E-state index in [-0.39, 0.29) is 37.4 Å². The van der Waals surface area contributed by atoms with Crippen LogP contribution in [0.4, 0.5) is 0 Å². The van der Waals surface area contributed by atoms with Crippen LogP contribution in [0.2, 0.25) is 0 Å². The minimum atomic E-state index is -0.364. The van der Waals surface area contributed by atoms with Gasteiger partial charge in [0.25, 0.3) is 0 Å². The highest BCUT2D eigenvalue weighted by Gasteiger charge is 2.29. The molecular formula is C16H23ClN4O2S. The molecular weight excluding hydrogens is 348 g/mol. The van der Waals surface area contributed by atoms with E-state index in [2.05, 4.69) is 9.88 Å². The van der Waals surface area contributed by atoms with Gasteiger partial charge in [-0.3, -0.25) is 9.69 Å². The third kappa shape index (κ3) is 4.04. The minimum Gasteiger partial charge on any atom is -0.395 e. The number of nitrogens with two attached hydrogens (primary N) is 1. The zero-order valence-electron chi connectivity index (χ0n) is 13.4. The number of fused-ring (bicyclic) bond motifs is 1. The van der Waals surface area contributed by atoms with Crippen LogP contribution in [0.1, 0.15) is 10.9 Å². The van der Waals surface area contributed by atoms with Crippen LogP contribution in [-0.2, 0) is 4.79 Å². The van der Waals surface area contributed by atoms with Gasteiger partial charge in [0, 0.05) is 39.3 Å². The molecule has 0 unspecified atom stereocenters. The number of aliphatic hydroxyl groups excluding tert-OH is 1. The van der Waals surface area contributed by atoms with E-state index < -0.39 is 0 Å². The number of piperazine rings is 1. The Kier molecular flexibility index (Phi) is 6.94. The Balaban J connectivity index is 0.00000208. The lowest BCUT2D eigenvalue weighted by atomic mass is 10.1. The van der Waals surface area contributed by atoms with Crippen molar-refractivity contribution in [2.24, 2.45) is 5.73 Å². The van der Waals surface area contributed by atoms with Crippen LogP contribution in [0.15, 0.2) is 24.3 Å². The molecule has 8 heteroatoms. The standard InChI is InChI=1S/C16H22N4O2S.ClH/c17-11-12(15-18-13-3-1-2-4-14(13)23-15)16(22)20-7-5-19(6-8-20)9-10-21;/h1-4,12,21H,5-11,17H2;1H/t12-;/m1./s1. The van der Waals surface area contributed by atoms with Crippen LogP contribution in [-0.4, -0.2) is 71.7 Å². The molecule has 3 N–H and O–H groups in total. The molecule has 0 bridgehead atoms. The summed E-state index contributed by atoms with van der Waals surface area (Å²) in [4.78, 5) is 21.4. The molecule has 1 amide bonds. The van der Waals surface area contributed by atoms with Gasteiger partial charge in [-0.05, 0) is 12.1 Å². The second kappa shape index (κ2) is 8.73. The summed E-state index contributed by atoms with van der Waals surface area (Å²) in [5.41, 5.74) is 6.81. The number of nitrogens with zero attached hydrogens (tertiary/aromatic N) is 3. The van der Waals surface area contributed by atoms with Crippen molar-refractivity contribution >= 4 is 39.9 Å². The largest absolute Gasteiger partial charge is 0.395 e. The molecule has 1 aromatic carbocycles. The summed E-state index contributed by atoms with van der Waals surface area (Å²) < 4.78 is 1.08. The molecule has 1 atom stereocenters. The second-order valence-corrected chi connectivity index (χ2v) is 6.76. The summed E-state index contributed by atoms with van der Waals surface area (Å²) in [5, 5.41) is 9.79. The highest BCUT2D eigenvalue weighted by molar-refractivity contribution is 7.18. The number of halogens is 1. The van der Waals surface area contributed by atoms with Crippen molar-refractivity contribution in [3.8, 4) is 0 Å². The quantitative estimate of drug-likeness (QED) is 0.817. The van der Waals surface area contributed by atoms with E-state index >= 15 is 0 Å². The molecule has 0 radical (unpaired) electrons. The number of benzene rings is 1. The Morgan fingerprint density at radius 1 is 1.29 bits per heavy atom. The fourth-order valence-corrected chi connectivity index (χ4v) is 3.97. The van der Waals surface area contributed by atoms with Gasteiger partial charge in [-0.1, -0.05) is 12.1 Å². The number of aliphatic hydroxyl groups is 1. The van der Waals surface area contributed by atoms with Crippen LogP contribution in [0.3, 0.4) is 0 Å². The number of thiazole rings is 1. The minimum absolute atomic E-state index is 0. The van der Waals surface area contributed by atoms with Gasteiger partial charge in [-0.15, -0.1) is 23.7 Å². The van der Waals surface area contributed by atoms with E-state index in [1.165, 1.54) is 0 Å². The Morgan fingerprint density at radius 3 is 2.62 bits per heavy atom. The third-order valence-corrected chi connectivity index (χ3v) is 5.39. The zero-order chi connectivity index (χ0) is 16.2. The Labute approximate surface area is 151 Å². The van der Waals surface area contributed by atoms with Crippen molar-refractivity contribution in [3.05, 3.63) is 29.3 Å². The molecule has 1 aliphatic rings. The topological polar surface area (TPSA) is 82.7 Å². The zero-order valence-corrected chi connectivity index (χ0v) is 15.1. The summed E-state index contributed by atoms with van der Waals surface area (Å²) in [7, 11) is 0. The van der Waals surface area contributed by atoms with Gasteiger partial charge in [0.1, 0.15) is 10.9 Å². The van der Waals surface area contributed by atoms with E-state index in [1.54, 1.807) is 11.3 Å². The van der Waals surface area contributed by atoms with E-state index in [9.17, 15) is 4.79 Å². The van der Waals surface area contributed by atoms with Gasteiger partial charge in [0.15, 0.2) is 0 Å². The fourth-order valence-electron chi connectivity index (χ4n) is 2.90. The molecule has 1 aliphatic heterocycles. The van der Waals surface area contributed by atoms with Gasteiger partial charge in [0.05, 0.1) is 16.8 Å². The predicted molar refractivity (Wildman–Crippen MR) is 98.8 cm³/mol. The lowest BCUT2D eigenvalue weighted by Crippen LogP contribution is -2.51. The van der Waals surface area contributed by atoms with Crippen LogP contribution in [0, 0.1) is 0 Å². The van der Waals surface area contributed by atoms with Crippen molar-refractivity contribution < 1.29 is 9.90 Å². The first-order chi connectivity index (χ1) is 11.2. The van der Waals surface area contributed by atoms with Crippen molar-refractivity contribution in [1.29, 1.82) is 0 Å². The average Bonchev–Trinajstić information content (AvgIpc) is 3.00. The molecule has 1 aromatic heterocycles. The molecule has 1 saturated heterocycles. The summed E-state index contributed by atoms with van der Waals surface area (Å²) in [6.07, 6.45) is 0. The van der Waals surface area contributed by atoms with Gasteiger partial charge in [0.2, 0.25) is 5.91 Å². The average molecular weight is 371 g/mol. The van der Waals surface area contributed by atoms with Gasteiger partial charge in [-0.2, -0.15) is 0 Å².